The van der Waals surface area contributed by atoms with E-state index in [0.717, 1.165) is 0 Å². The van der Waals surface area contributed by atoms with E-state index < -0.39 is 17.8 Å². The Bertz CT molecular complexity index is 740. The second kappa shape index (κ2) is 4.97. The van der Waals surface area contributed by atoms with Gasteiger partial charge in [-0.25, -0.2) is 9.18 Å². The first-order chi connectivity index (χ1) is 10.1. The van der Waals surface area contributed by atoms with E-state index in [-0.39, 0.29) is 0 Å². The van der Waals surface area contributed by atoms with Crippen molar-refractivity contribution in [2.45, 2.75) is 13.0 Å². The molecule has 0 unspecified atom stereocenters. The van der Waals surface area contributed by atoms with E-state index in [1.165, 1.54) is 23.9 Å². The van der Waals surface area contributed by atoms with E-state index in [0.29, 0.717) is 22.8 Å². The first-order valence-electron chi connectivity index (χ1n) is 6.21. The Morgan fingerprint density at radius 3 is 3.00 bits per heavy atom. The van der Waals surface area contributed by atoms with Gasteiger partial charge >= 0.3 is 5.97 Å². The summed E-state index contributed by atoms with van der Waals surface area (Å²) in [5.41, 5.74) is 1.46. The second-order valence-corrected chi connectivity index (χ2v) is 4.56. The van der Waals surface area contributed by atoms with E-state index in [4.69, 9.17) is 4.74 Å². The summed E-state index contributed by atoms with van der Waals surface area (Å²) in [5, 5.41) is 14.2. The lowest BCUT2D eigenvalue weighted by molar-refractivity contribution is -0.136. The van der Waals surface area contributed by atoms with E-state index in [9.17, 15) is 9.18 Å². The van der Waals surface area contributed by atoms with Crippen molar-refractivity contribution in [3.63, 3.8) is 0 Å². The summed E-state index contributed by atoms with van der Waals surface area (Å²) >= 11 is 0. The van der Waals surface area contributed by atoms with Crippen molar-refractivity contribution < 1.29 is 13.9 Å². The number of benzene rings is 1. The summed E-state index contributed by atoms with van der Waals surface area (Å²) < 4.78 is 19.8. The number of ether oxygens (including phenoxy) is 1. The third kappa shape index (κ3) is 2.14. The maximum atomic E-state index is 13.5. The Kier molecular flexibility index (Phi) is 3.13. The van der Waals surface area contributed by atoms with Crippen molar-refractivity contribution in [2.24, 2.45) is 0 Å². The number of nitrogens with zero attached hydrogens (tertiary/aromatic N) is 4. The van der Waals surface area contributed by atoms with E-state index in [2.05, 4.69) is 20.8 Å². The molecule has 2 aromatic rings. The highest BCUT2D eigenvalue weighted by atomic mass is 19.1. The molecule has 2 heterocycles. The van der Waals surface area contributed by atoms with Crippen molar-refractivity contribution >= 4 is 11.9 Å². The van der Waals surface area contributed by atoms with Gasteiger partial charge in [-0.3, -0.25) is 0 Å². The van der Waals surface area contributed by atoms with Crippen LogP contribution in [-0.4, -0.2) is 33.3 Å². The Morgan fingerprint density at radius 1 is 1.48 bits per heavy atom. The topological polar surface area (TPSA) is 81.9 Å². The van der Waals surface area contributed by atoms with Crippen LogP contribution >= 0.6 is 0 Å². The smallest absolute Gasteiger partial charge is 0.338 e. The molecule has 1 aliphatic heterocycles. The van der Waals surface area contributed by atoms with Gasteiger partial charge < -0.3 is 10.1 Å². The van der Waals surface area contributed by atoms with Gasteiger partial charge in [0.25, 0.3) is 0 Å². The molecule has 21 heavy (non-hydrogen) atoms. The summed E-state index contributed by atoms with van der Waals surface area (Å²) in [6, 6.07) is 5.32. The molecule has 0 saturated carbocycles. The molecule has 7 nitrogen and oxygen atoms in total. The fraction of sp³-hybridized carbons (Fsp3) is 0.231. The molecule has 0 bridgehead atoms. The molecule has 0 aliphatic carbocycles. The molecule has 0 radical (unpaired) electrons. The van der Waals surface area contributed by atoms with Gasteiger partial charge in [-0.15, -0.1) is 0 Å². The molecular weight excluding hydrogens is 277 g/mol. The van der Waals surface area contributed by atoms with Crippen molar-refractivity contribution in [3.05, 3.63) is 46.9 Å². The maximum absolute atomic E-state index is 13.5. The molecule has 0 fully saturated rings. The summed E-state index contributed by atoms with van der Waals surface area (Å²) in [4.78, 5) is 12.1. The third-order valence-electron chi connectivity index (χ3n) is 3.28. The molecule has 1 N–H and O–H groups in total. The van der Waals surface area contributed by atoms with Gasteiger partial charge in [0.05, 0.1) is 12.7 Å². The number of nitrogens with one attached hydrogen (secondary N) is 1. The fourth-order valence-electron chi connectivity index (χ4n) is 2.37. The van der Waals surface area contributed by atoms with E-state index in [1.54, 1.807) is 19.1 Å². The predicted octanol–water partition coefficient (Wildman–Crippen LogP) is 1.27. The highest BCUT2D eigenvalue weighted by Gasteiger charge is 2.34. The van der Waals surface area contributed by atoms with Crippen molar-refractivity contribution in [3.8, 4) is 0 Å². The van der Waals surface area contributed by atoms with Crippen molar-refractivity contribution in [1.29, 1.82) is 0 Å². The second-order valence-electron chi connectivity index (χ2n) is 4.56. The maximum Gasteiger partial charge on any atom is 0.338 e. The van der Waals surface area contributed by atoms with Gasteiger partial charge in [-0.05, 0) is 35.0 Å². The number of carbonyl (C=O) groups excluding carboxylic acids is 1. The number of fused-ring (bicyclic) bond motifs is 1. The Hall–Kier alpha value is -2.77. The average molecular weight is 289 g/mol. The summed E-state index contributed by atoms with van der Waals surface area (Å²) in [7, 11) is 1.29. The monoisotopic (exact) mass is 289 g/mol. The van der Waals surface area contributed by atoms with Crippen LogP contribution in [0.15, 0.2) is 35.5 Å². The number of rotatable bonds is 2. The number of anilines is 1. The highest BCUT2D eigenvalue weighted by molar-refractivity contribution is 5.92. The molecule has 108 valence electrons. The first-order valence-corrected chi connectivity index (χ1v) is 6.21. The largest absolute Gasteiger partial charge is 0.466 e. The van der Waals surface area contributed by atoms with Crippen molar-refractivity contribution in [1.82, 2.24) is 20.2 Å². The minimum absolute atomic E-state index is 0.336. The molecule has 0 spiro atoms. The number of esters is 1. The minimum Gasteiger partial charge on any atom is -0.466 e. The standard InChI is InChI=1S/C13H12FN5O2/c1-7-10(12(20)21-2)11(8-4-3-5-9(14)6-8)19-13(15-7)16-17-18-19/h3-6,11H,1-2H3,(H,15,16,18)/t11-/m1/s1. The van der Waals surface area contributed by atoms with Gasteiger partial charge in [0.15, 0.2) is 0 Å². The third-order valence-corrected chi connectivity index (χ3v) is 3.28. The van der Waals surface area contributed by atoms with Gasteiger partial charge in [-0.2, -0.15) is 4.68 Å². The fourth-order valence-corrected chi connectivity index (χ4v) is 2.37. The van der Waals surface area contributed by atoms with Crippen molar-refractivity contribution in [2.75, 3.05) is 12.4 Å². The lowest BCUT2D eigenvalue weighted by atomic mass is 9.96. The number of allylic oxidation sites excluding steroid dienone is 1. The minimum atomic E-state index is -0.639. The summed E-state index contributed by atoms with van der Waals surface area (Å²) in [5.74, 6) is -0.535. The molecule has 1 aliphatic rings. The van der Waals surface area contributed by atoms with E-state index in [1.807, 2.05) is 0 Å². The molecule has 1 aromatic heterocycles. The lowest BCUT2D eigenvalue weighted by Gasteiger charge is -2.27. The average Bonchev–Trinajstić information content (AvgIpc) is 2.92. The van der Waals surface area contributed by atoms with Crippen LogP contribution in [0.4, 0.5) is 10.3 Å². The quantitative estimate of drug-likeness (QED) is 0.839. The van der Waals surface area contributed by atoms with Crippen LogP contribution in [-0.2, 0) is 9.53 Å². The van der Waals surface area contributed by atoms with E-state index >= 15 is 0 Å². The number of tetrazole rings is 1. The molecule has 0 saturated heterocycles. The molecule has 1 aromatic carbocycles. The normalized spacial score (nSPS) is 17.2. The van der Waals surface area contributed by atoms with Crippen LogP contribution in [0.25, 0.3) is 0 Å². The lowest BCUT2D eigenvalue weighted by Crippen LogP contribution is -2.29. The van der Waals surface area contributed by atoms with Crippen LogP contribution in [0.3, 0.4) is 0 Å². The zero-order chi connectivity index (χ0) is 15.0. The van der Waals surface area contributed by atoms with Gasteiger partial charge in [0.1, 0.15) is 11.9 Å². The Labute approximate surface area is 119 Å². The molecular formula is C13H12FN5O2. The Balaban J connectivity index is 2.20. The molecule has 3 rings (SSSR count). The van der Waals surface area contributed by atoms with Crippen LogP contribution in [0.5, 0.6) is 0 Å². The summed E-state index contributed by atoms with van der Waals surface area (Å²) in [6.45, 7) is 1.72. The zero-order valence-corrected chi connectivity index (χ0v) is 11.4. The number of hydrogen-bond acceptors (Lipinski definition) is 6. The molecule has 0 amide bonds. The van der Waals surface area contributed by atoms with Crippen LogP contribution in [0.2, 0.25) is 0 Å². The number of aromatic nitrogens is 4. The number of halogens is 1. The zero-order valence-electron chi connectivity index (χ0n) is 11.4. The molecule has 8 heteroatoms. The molecule has 1 atom stereocenters. The van der Waals surface area contributed by atoms with Gasteiger partial charge in [0, 0.05) is 5.70 Å². The highest BCUT2D eigenvalue weighted by Crippen LogP contribution is 2.34. The number of hydrogen-bond donors (Lipinski definition) is 1. The van der Waals surface area contributed by atoms with Crippen LogP contribution in [0.1, 0.15) is 18.5 Å². The van der Waals surface area contributed by atoms with Gasteiger partial charge in [0.2, 0.25) is 5.95 Å². The van der Waals surface area contributed by atoms with Crippen LogP contribution in [0, 0.1) is 5.82 Å². The predicted molar refractivity (Wildman–Crippen MR) is 70.7 cm³/mol. The Morgan fingerprint density at radius 2 is 2.29 bits per heavy atom. The SMILES string of the molecule is COC(=O)C1=C(C)Nc2nnnn2[C@@H]1c1cccc(F)c1. The van der Waals surface area contributed by atoms with Crippen LogP contribution < -0.4 is 5.32 Å². The first kappa shape index (κ1) is 13.2. The summed E-state index contributed by atoms with van der Waals surface area (Å²) in [6.07, 6.45) is 0. The van der Waals surface area contributed by atoms with Gasteiger partial charge in [-0.1, -0.05) is 17.2 Å². The number of carbonyl (C=O) groups is 1. The number of methoxy groups -OCH3 is 1.